The lowest BCUT2D eigenvalue weighted by Crippen LogP contribution is -2.29. The second-order valence-electron chi connectivity index (χ2n) is 10.5. The zero-order valence-electron chi connectivity index (χ0n) is 24.2. The SMILES string of the molecule is Cc1ccnc(-n2c(C)cc([C@H]3[C@H](c4ccccn4)NC(=S)N3c3ccc(NC(=O)COc4ccccc4)cc3)c2C)c1. The van der Waals surface area contributed by atoms with Gasteiger partial charge in [0.2, 0.25) is 0 Å². The van der Waals surface area contributed by atoms with E-state index in [1.165, 1.54) is 0 Å². The quantitative estimate of drug-likeness (QED) is 0.203. The van der Waals surface area contributed by atoms with E-state index in [1.54, 1.807) is 6.20 Å². The van der Waals surface area contributed by atoms with Crippen LogP contribution in [0.5, 0.6) is 5.75 Å². The van der Waals surface area contributed by atoms with Crippen LogP contribution in [0.1, 0.15) is 40.3 Å². The standard InChI is InChI=1S/C34H32N6O2S/c1-22-16-18-36-30(19-22)39-23(2)20-28(24(39)3)33-32(29-11-7-8-17-35-29)38-34(43)40(33)26-14-12-25(13-15-26)37-31(41)21-42-27-9-5-4-6-10-27/h4-20,32-33H,21H2,1-3H3,(H,37,41)(H,38,43)/t32-,33-/m0/s1. The van der Waals surface area contributed by atoms with E-state index in [4.69, 9.17) is 17.0 Å². The molecule has 6 rings (SSSR count). The number of aromatic nitrogens is 3. The highest BCUT2D eigenvalue weighted by Crippen LogP contribution is 2.43. The van der Waals surface area contributed by atoms with Crippen molar-refractivity contribution in [3.8, 4) is 11.6 Å². The molecule has 43 heavy (non-hydrogen) atoms. The molecule has 4 heterocycles. The molecular formula is C34H32N6O2S. The van der Waals surface area contributed by atoms with Gasteiger partial charge in [-0.05, 0) is 111 Å². The number of pyridine rings is 2. The number of carbonyl (C=O) groups excluding carboxylic acids is 1. The second-order valence-corrected chi connectivity index (χ2v) is 10.9. The molecule has 1 aliphatic rings. The molecule has 0 radical (unpaired) electrons. The highest BCUT2D eigenvalue weighted by atomic mass is 32.1. The number of aryl methyl sites for hydroxylation is 2. The summed E-state index contributed by atoms with van der Waals surface area (Å²) in [4.78, 5) is 24.0. The number of benzene rings is 2. The number of anilines is 2. The van der Waals surface area contributed by atoms with Crippen molar-refractivity contribution in [2.75, 3.05) is 16.8 Å². The molecule has 5 aromatic rings. The summed E-state index contributed by atoms with van der Waals surface area (Å²) in [6.45, 7) is 6.21. The number of para-hydroxylation sites is 1. The van der Waals surface area contributed by atoms with E-state index >= 15 is 0 Å². The number of nitrogens with one attached hydrogen (secondary N) is 2. The fraction of sp³-hybridized carbons (Fsp3) is 0.176. The summed E-state index contributed by atoms with van der Waals surface area (Å²) in [6.07, 6.45) is 3.64. The molecular weight excluding hydrogens is 556 g/mol. The largest absolute Gasteiger partial charge is 0.484 e. The molecule has 1 fully saturated rings. The molecule has 0 bridgehead atoms. The highest BCUT2D eigenvalue weighted by Gasteiger charge is 2.42. The van der Waals surface area contributed by atoms with E-state index < -0.39 is 0 Å². The predicted octanol–water partition coefficient (Wildman–Crippen LogP) is 6.39. The molecule has 0 unspecified atom stereocenters. The van der Waals surface area contributed by atoms with E-state index in [9.17, 15) is 4.79 Å². The summed E-state index contributed by atoms with van der Waals surface area (Å²) in [6, 6.07) is 28.8. The van der Waals surface area contributed by atoms with Crippen LogP contribution in [-0.2, 0) is 4.79 Å². The molecule has 8 nitrogen and oxygen atoms in total. The van der Waals surface area contributed by atoms with E-state index in [0.717, 1.165) is 39.7 Å². The van der Waals surface area contributed by atoms with Crippen molar-refractivity contribution in [1.82, 2.24) is 19.9 Å². The molecule has 2 N–H and O–H groups in total. The first-order valence-corrected chi connectivity index (χ1v) is 14.5. The summed E-state index contributed by atoms with van der Waals surface area (Å²) in [5, 5.41) is 7.05. The third-order valence-corrected chi connectivity index (χ3v) is 7.87. The third-order valence-electron chi connectivity index (χ3n) is 7.56. The average molecular weight is 589 g/mol. The number of hydrogen-bond donors (Lipinski definition) is 2. The number of ether oxygens (including phenoxy) is 1. The molecule has 2 atom stereocenters. The van der Waals surface area contributed by atoms with Crippen molar-refractivity contribution in [3.63, 3.8) is 0 Å². The maximum Gasteiger partial charge on any atom is 0.262 e. The van der Waals surface area contributed by atoms with Crippen molar-refractivity contribution < 1.29 is 9.53 Å². The van der Waals surface area contributed by atoms with Crippen LogP contribution in [0.4, 0.5) is 11.4 Å². The van der Waals surface area contributed by atoms with E-state index in [1.807, 2.05) is 85.1 Å². The van der Waals surface area contributed by atoms with Gasteiger partial charge in [-0.25, -0.2) is 4.98 Å². The van der Waals surface area contributed by atoms with E-state index in [0.29, 0.717) is 16.5 Å². The first-order chi connectivity index (χ1) is 20.9. The molecule has 9 heteroatoms. The summed E-state index contributed by atoms with van der Waals surface area (Å²) in [5.41, 5.74) is 6.91. The third kappa shape index (κ3) is 5.85. The Morgan fingerprint density at radius 2 is 1.70 bits per heavy atom. The first kappa shape index (κ1) is 28.1. The number of carbonyl (C=O) groups is 1. The number of hydrogen-bond acceptors (Lipinski definition) is 5. The predicted molar refractivity (Wildman–Crippen MR) is 173 cm³/mol. The monoisotopic (exact) mass is 588 g/mol. The molecule has 0 spiro atoms. The normalized spacial score (nSPS) is 16.2. The molecule has 1 aliphatic heterocycles. The fourth-order valence-corrected chi connectivity index (χ4v) is 5.95. The number of rotatable bonds is 8. The maximum atomic E-state index is 12.5. The van der Waals surface area contributed by atoms with E-state index in [-0.39, 0.29) is 24.6 Å². The number of nitrogens with zero attached hydrogens (tertiary/aromatic N) is 4. The Balaban J connectivity index is 1.31. The molecule has 1 saturated heterocycles. The van der Waals surface area contributed by atoms with Gasteiger partial charge in [0.1, 0.15) is 11.6 Å². The van der Waals surface area contributed by atoms with Gasteiger partial charge in [0, 0.05) is 35.2 Å². The summed E-state index contributed by atoms with van der Waals surface area (Å²) < 4.78 is 7.77. The minimum absolute atomic E-state index is 0.0782. The van der Waals surface area contributed by atoms with Gasteiger partial charge in [-0.2, -0.15) is 0 Å². The number of amides is 1. The van der Waals surface area contributed by atoms with Crippen molar-refractivity contribution >= 4 is 34.6 Å². The molecule has 216 valence electrons. The zero-order valence-corrected chi connectivity index (χ0v) is 25.0. The summed E-state index contributed by atoms with van der Waals surface area (Å²) in [5.74, 6) is 1.29. The van der Waals surface area contributed by atoms with E-state index in [2.05, 4.69) is 63.0 Å². The van der Waals surface area contributed by atoms with Crippen LogP contribution in [0, 0.1) is 20.8 Å². The Morgan fingerprint density at radius 1 is 0.930 bits per heavy atom. The van der Waals surface area contributed by atoms with Gasteiger partial charge in [-0.3, -0.25) is 9.78 Å². The average Bonchev–Trinajstić information content (AvgIpc) is 3.52. The van der Waals surface area contributed by atoms with Crippen molar-refractivity contribution in [3.05, 3.63) is 132 Å². The molecule has 0 saturated carbocycles. The van der Waals surface area contributed by atoms with Crippen molar-refractivity contribution in [2.24, 2.45) is 0 Å². The highest BCUT2D eigenvalue weighted by molar-refractivity contribution is 7.80. The van der Waals surface area contributed by atoms with Gasteiger partial charge in [-0.15, -0.1) is 0 Å². The second kappa shape index (κ2) is 12.1. The lowest BCUT2D eigenvalue weighted by molar-refractivity contribution is -0.118. The molecule has 0 aliphatic carbocycles. The minimum Gasteiger partial charge on any atom is -0.484 e. The zero-order chi connectivity index (χ0) is 29.9. The van der Waals surface area contributed by atoms with Crippen LogP contribution in [-0.4, -0.2) is 32.2 Å². The Morgan fingerprint density at radius 3 is 2.42 bits per heavy atom. The molecule has 1 amide bonds. The van der Waals surface area contributed by atoms with Crippen molar-refractivity contribution in [1.29, 1.82) is 0 Å². The van der Waals surface area contributed by atoms with Gasteiger partial charge in [0.15, 0.2) is 11.7 Å². The molecule has 2 aromatic carbocycles. The van der Waals surface area contributed by atoms with Crippen LogP contribution >= 0.6 is 12.2 Å². The summed E-state index contributed by atoms with van der Waals surface area (Å²) in [7, 11) is 0. The van der Waals surface area contributed by atoms with Crippen LogP contribution in [0.25, 0.3) is 5.82 Å². The van der Waals surface area contributed by atoms with Gasteiger partial charge < -0.3 is 24.8 Å². The van der Waals surface area contributed by atoms with Gasteiger partial charge >= 0.3 is 0 Å². The van der Waals surface area contributed by atoms with Gasteiger partial charge in [0.25, 0.3) is 5.91 Å². The lowest BCUT2D eigenvalue weighted by atomic mass is 9.96. The van der Waals surface area contributed by atoms with Gasteiger partial charge in [0.05, 0.1) is 17.8 Å². The van der Waals surface area contributed by atoms with Gasteiger partial charge in [-0.1, -0.05) is 24.3 Å². The number of thiocarbonyl (C=S) groups is 1. The van der Waals surface area contributed by atoms with Crippen LogP contribution < -0.4 is 20.3 Å². The first-order valence-electron chi connectivity index (χ1n) is 14.1. The summed E-state index contributed by atoms with van der Waals surface area (Å²) >= 11 is 5.94. The van der Waals surface area contributed by atoms with Crippen molar-refractivity contribution in [2.45, 2.75) is 32.9 Å². The topological polar surface area (TPSA) is 84.3 Å². The Kier molecular flexibility index (Phi) is 7.89. The smallest absolute Gasteiger partial charge is 0.262 e. The minimum atomic E-state index is -0.236. The Bertz CT molecular complexity index is 1760. The maximum absolute atomic E-state index is 12.5. The molecule has 3 aromatic heterocycles. The van der Waals surface area contributed by atoms with Crippen LogP contribution in [0.3, 0.4) is 0 Å². The lowest BCUT2D eigenvalue weighted by Gasteiger charge is -2.28. The van der Waals surface area contributed by atoms with Crippen LogP contribution in [0.15, 0.2) is 103 Å². The Hall–Kier alpha value is -5.02. The fourth-order valence-electron chi connectivity index (χ4n) is 5.60. The Labute approximate surface area is 256 Å². The van der Waals surface area contributed by atoms with Crippen LogP contribution in [0.2, 0.25) is 0 Å².